The lowest BCUT2D eigenvalue weighted by atomic mass is 10.2. The van der Waals surface area contributed by atoms with Crippen molar-refractivity contribution < 1.29 is 9.47 Å². The lowest BCUT2D eigenvalue weighted by Gasteiger charge is -2.22. The molecule has 0 bridgehead atoms. The number of guanidine groups is 1. The highest BCUT2D eigenvalue weighted by molar-refractivity contribution is 14.0. The molecule has 2 aromatic rings. The Hall–Kier alpha value is -1.74. The second-order valence-corrected chi connectivity index (χ2v) is 6.11. The summed E-state index contributed by atoms with van der Waals surface area (Å²) in [6, 6.07) is 12.1. The smallest absolute Gasteiger partial charge is 0.194 e. The topological polar surface area (TPSA) is 51.0 Å². The van der Waals surface area contributed by atoms with Crippen LogP contribution in [0.3, 0.4) is 0 Å². The number of aromatic nitrogens is 1. The number of methoxy groups -OCH3 is 1. The molecule has 1 N–H and O–H groups in total. The molecule has 0 saturated carbocycles. The Balaban J connectivity index is 0.00000364. The molecular weight excluding hydrogens is 455 g/mol. The molecule has 2 rings (SSSR count). The van der Waals surface area contributed by atoms with Gasteiger partial charge >= 0.3 is 0 Å². The van der Waals surface area contributed by atoms with E-state index >= 15 is 0 Å². The quantitative estimate of drug-likeness (QED) is 0.256. The van der Waals surface area contributed by atoms with Gasteiger partial charge in [0.2, 0.25) is 0 Å². The molecule has 1 aromatic heterocycles. The summed E-state index contributed by atoms with van der Waals surface area (Å²) in [5.74, 6) is 1.74. The molecule has 0 aliphatic heterocycles. The van der Waals surface area contributed by atoms with Gasteiger partial charge in [0.25, 0.3) is 0 Å². The number of halogens is 1. The Kier molecular flexibility index (Phi) is 10.9. The van der Waals surface area contributed by atoms with E-state index in [2.05, 4.69) is 52.1 Å². The van der Waals surface area contributed by atoms with E-state index in [1.54, 1.807) is 7.11 Å². The van der Waals surface area contributed by atoms with Gasteiger partial charge in [0.05, 0.1) is 33.4 Å². The highest BCUT2D eigenvalue weighted by Crippen LogP contribution is 2.13. The number of hydrogen-bond acceptors (Lipinski definition) is 3. The van der Waals surface area contributed by atoms with Crippen LogP contribution in [-0.4, -0.2) is 49.3 Å². The first kappa shape index (κ1) is 23.3. The van der Waals surface area contributed by atoms with Crippen LogP contribution in [0.1, 0.15) is 18.2 Å². The van der Waals surface area contributed by atoms with Crippen molar-refractivity contribution in [2.24, 2.45) is 12.0 Å². The number of aliphatic imine (C=N–C) groups is 1. The zero-order chi connectivity index (χ0) is 18.8. The summed E-state index contributed by atoms with van der Waals surface area (Å²) in [4.78, 5) is 6.79. The maximum absolute atomic E-state index is 5.74. The normalized spacial score (nSPS) is 11.0. The van der Waals surface area contributed by atoms with Crippen LogP contribution in [0.15, 0.2) is 47.6 Å². The Morgan fingerprint density at radius 3 is 2.74 bits per heavy atom. The highest BCUT2D eigenvalue weighted by atomic mass is 127. The average molecular weight is 486 g/mol. The van der Waals surface area contributed by atoms with Crippen LogP contribution >= 0.6 is 24.0 Å². The lowest BCUT2D eigenvalue weighted by Crippen LogP contribution is -2.39. The van der Waals surface area contributed by atoms with Gasteiger partial charge in [-0.05, 0) is 36.8 Å². The molecule has 0 amide bonds. The maximum atomic E-state index is 5.74. The van der Waals surface area contributed by atoms with E-state index in [0.717, 1.165) is 30.4 Å². The first-order valence-corrected chi connectivity index (χ1v) is 8.94. The minimum Gasteiger partial charge on any atom is -0.497 e. The molecule has 0 unspecified atom stereocenters. The van der Waals surface area contributed by atoms with Crippen molar-refractivity contribution in [3.63, 3.8) is 0 Å². The Labute approximate surface area is 179 Å². The van der Waals surface area contributed by atoms with Crippen LogP contribution in [-0.2, 0) is 24.9 Å². The highest BCUT2D eigenvalue weighted by Gasteiger charge is 2.08. The van der Waals surface area contributed by atoms with Crippen molar-refractivity contribution in [2.45, 2.75) is 20.1 Å². The maximum Gasteiger partial charge on any atom is 0.194 e. The van der Waals surface area contributed by atoms with Gasteiger partial charge in [0, 0.05) is 32.5 Å². The third-order valence-electron chi connectivity index (χ3n) is 4.05. The number of hydrogen-bond donors (Lipinski definition) is 1. The monoisotopic (exact) mass is 486 g/mol. The standard InChI is InChI=1S/C20H30N4O2.HI/c1-5-21-20(24(3)15-18-9-7-12-23(18)2)22-11-13-26-16-17-8-6-10-19(14-17)25-4;/h6-10,12,14H,5,11,13,15-16H2,1-4H3,(H,21,22);1H. The molecule has 27 heavy (non-hydrogen) atoms. The molecule has 0 aliphatic rings. The zero-order valence-corrected chi connectivity index (χ0v) is 19.0. The predicted octanol–water partition coefficient (Wildman–Crippen LogP) is 3.27. The van der Waals surface area contributed by atoms with Crippen LogP contribution in [0, 0.1) is 0 Å². The van der Waals surface area contributed by atoms with E-state index in [4.69, 9.17) is 9.47 Å². The van der Waals surface area contributed by atoms with Gasteiger partial charge in [-0.3, -0.25) is 4.99 Å². The summed E-state index contributed by atoms with van der Waals surface area (Å²) in [5.41, 5.74) is 2.34. The molecule has 0 spiro atoms. The van der Waals surface area contributed by atoms with Crippen molar-refractivity contribution in [2.75, 3.05) is 33.9 Å². The fourth-order valence-corrected chi connectivity index (χ4v) is 2.62. The van der Waals surface area contributed by atoms with Crippen molar-refractivity contribution in [1.29, 1.82) is 0 Å². The van der Waals surface area contributed by atoms with Gasteiger partial charge in [-0.25, -0.2) is 0 Å². The molecule has 6 nitrogen and oxygen atoms in total. The molecule has 0 saturated heterocycles. The predicted molar refractivity (Wildman–Crippen MR) is 121 cm³/mol. The molecular formula is C20H31IN4O2. The minimum atomic E-state index is 0. The average Bonchev–Trinajstić information content (AvgIpc) is 3.05. The van der Waals surface area contributed by atoms with Gasteiger partial charge in [0.15, 0.2) is 5.96 Å². The largest absolute Gasteiger partial charge is 0.497 e. The van der Waals surface area contributed by atoms with Crippen LogP contribution in [0.5, 0.6) is 5.75 Å². The van der Waals surface area contributed by atoms with Crippen LogP contribution in [0.25, 0.3) is 0 Å². The summed E-state index contributed by atoms with van der Waals surface area (Å²) < 4.78 is 13.1. The van der Waals surface area contributed by atoms with E-state index in [0.29, 0.717) is 19.8 Å². The number of nitrogens with one attached hydrogen (secondary N) is 1. The number of ether oxygens (including phenoxy) is 2. The van der Waals surface area contributed by atoms with Gasteiger partial charge in [-0.1, -0.05) is 12.1 Å². The van der Waals surface area contributed by atoms with E-state index in [-0.39, 0.29) is 24.0 Å². The summed E-state index contributed by atoms with van der Waals surface area (Å²) in [6.45, 7) is 5.46. The second-order valence-electron chi connectivity index (χ2n) is 6.11. The molecule has 0 aliphatic carbocycles. The minimum absolute atomic E-state index is 0. The first-order valence-electron chi connectivity index (χ1n) is 8.94. The summed E-state index contributed by atoms with van der Waals surface area (Å²) in [7, 11) is 5.77. The molecule has 0 fully saturated rings. The van der Waals surface area contributed by atoms with Crippen molar-refractivity contribution in [3.05, 3.63) is 53.9 Å². The first-order chi connectivity index (χ1) is 12.6. The van der Waals surface area contributed by atoms with E-state index in [1.165, 1.54) is 5.69 Å². The number of benzene rings is 1. The van der Waals surface area contributed by atoms with Crippen molar-refractivity contribution >= 4 is 29.9 Å². The number of rotatable bonds is 9. The van der Waals surface area contributed by atoms with Crippen molar-refractivity contribution in [3.8, 4) is 5.75 Å². The van der Waals surface area contributed by atoms with Gasteiger partial charge < -0.3 is 24.3 Å². The molecule has 0 radical (unpaired) electrons. The summed E-state index contributed by atoms with van der Waals surface area (Å²) in [6.07, 6.45) is 2.06. The van der Waals surface area contributed by atoms with Crippen LogP contribution in [0.4, 0.5) is 0 Å². The third kappa shape index (κ3) is 7.80. The number of aryl methyl sites for hydroxylation is 1. The van der Waals surface area contributed by atoms with E-state index < -0.39 is 0 Å². The SMILES string of the molecule is CCNC(=NCCOCc1cccc(OC)c1)N(C)Cc1cccn1C.I. The Morgan fingerprint density at radius 1 is 1.26 bits per heavy atom. The van der Waals surface area contributed by atoms with Gasteiger partial charge in [-0.2, -0.15) is 0 Å². The third-order valence-corrected chi connectivity index (χ3v) is 4.05. The fourth-order valence-electron chi connectivity index (χ4n) is 2.62. The molecule has 1 heterocycles. The molecule has 150 valence electrons. The Morgan fingerprint density at radius 2 is 2.07 bits per heavy atom. The van der Waals surface area contributed by atoms with Crippen LogP contribution in [0.2, 0.25) is 0 Å². The van der Waals surface area contributed by atoms with Crippen LogP contribution < -0.4 is 10.1 Å². The van der Waals surface area contributed by atoms with E-state index in [9.17, 15) is 0 Å². The zero-order valence-electron chi connectivity index (χ0n) is 16.6. The van der Waals surface area contributed by atoms with Crippen molar-refractivity contribution in [1.82, 2.24) is 14.8 Å². The molecule has 7 heteroatoms. The summed E-state index contributed by atoms with van der Waals surface area (Å²) >= 11 is 0. The lowest BCUT2D eigenvalue weighted by molar-refractivity contribution is 0.128. The second kappa shape index (κ2) is 12.6. The molecule has 1 aromatic carbocycles. The summed E-state index contributed by atoms with van der Waals surface area (Å²) in [5, 5.41) is 3.33. The number of nitrogens with zero attached hydrogens (tertiary/aromatic N) is 3. The van der Waals surface area contributed by atoms with E-state index in [1.807, 2.05) is 31.3 Å². The molecule has 0 atom stereocenters. The van der Waals surface area contributed by atoms with Gasteiger partial charge in [0.1, 0.15) is 5.75 Å². The fraction of sp³-hybridized carbons (Fsp3) is 0.450. The Bertz CT molecular complexity index is 703. The van der Waals surface area contributed by atoms with Gasteiger partial charge in [-0.15, -0.1) is 24.0 Å².